The number of amides is 2. The highest BCUT2D eigenvalue weighted by molar-refractivity contribution is 6.21. The number of benzene rings is 4. The van der Waals surface area contributed by atoms with E-state index in [2.05, 4.69) is 0 Å². The van der Waals surface area contributed by atoms with Gasteiger partial charge in [0.05, 0.1) is 30.9 Å². The molecule has 0 saturated carbocycles. The number of ether oxygens (including phenoxy) is 5. The molecular formula is C35H31NO7. The lowest BCUT2D eigenvalue weighted by Gasteiger charge is -2.50. The Morgan fingerprint density at radius 3 is 1.79 bits per heavy atom. The molecule has 0 aliphatic carbocycles. The van der Waals surface area contributed by atoms with Crippen LogP contribution in [0.15, 0.2) is 115 Å². The molecule has 3 aliphatic rings. The Hall–Kier alpha value is -4.18. The van der Waals surface area contributed by atoms with Crippen LogP contribution in [0, 0.1) is 0 Å². The standard InChI is InChI=1S/C35H31NO7/c37-32-26-18-10-11-19-27(26)33(38)36(32)29-31(39-20-23-12-4-1-5-13-23)30-28(22-41-34(43-30)25-16-8-3-9-17-25)42-35(29)40-21-24-14-6-2-7-15-24/h1-19,28-31,34-35H,20-22H2/t28?,29-,30+,31+,34?,35+/m0/s1. The highest BCUT2D eigenvalue weighted by atomic mass is 16.7. The second kappa shape index (κ2) is 12.2. The van der Waals surface area contributed by atoms with Gasteiger partial charge in [-0.1, -0.05) is 103 Å². The summed E-state index contributed by atoms with van der Waals surface area (Å²) in [5.74, 6) is -0.832. The van der Waals surface area contributed by atoms with E-state index in [1.54, 1.807) is 24.3 Å². The van der Waals surface area contributed by atoms with Gasteiger partial charge in [0, 0.05) is 5.56 Å². The molecule has 2 saturated heterocycles. The molecule has 2 amide bonds. The zero-order chi connectivity index (χ0) is 29.2. The average Bonchev–Trinajstić information content (AvgIpc) is 3.32. The molecule has 3 heterocycles. The third-order valence-electron chi connectivity index (χ3n) is 8.04. The first-order valence-electron chi connectivity index (χ1n) is 14.4. The van der Waals surface area contributed by atoms with Crippen molar-refractivity contribution in [2.24, 2.45) is 0 Å². The third-order valence-corrected chi connectivity index (χ3v) is 8.04. The van der Waals surface area contributed by atoms with Crippen molar-refractivity contribution >= 4 is 11.8 Å². The van der Waals surface area contributed by atoms with Crippen molar-refractivity contribution in [1.82, 2.24) is 4.90 Å². The van der Waals surface area contributed by atoms with E-state index >= 15 is 0 Å². The van der Waals surface area contributed by atoms with Gasteiger partial charge >= 0.3 is 0 Å². The van der Waals surface area contributed by atoms with Gasteiger partial charge in [0.15, 0.2) is 12.6 Å². The minimum absolute atomic E-state index is 0.211. The normalized spacial score (nSPS) is 26.7. The second-order valence-corrected chi connectivity index (χ2v) is 10.8. The van der Waals surface area contributed by atoms with Gasteiger partial charge in [0.2, 0.25) is 0 Å². The lowest BCUT2D eigenvalue weighted by molar-refractivity contribution is -0.355. The van der Waals surface area contributed by atoms with Crippen LogP contribution in [0.5, 0.6) is 0 Å². The second-order valence-electron chi connectivity index (χ2n) is 10.8. The lowest BCUT2D eigenvalue weighted by atomic mass is 9.94. The van der Waals surface area contributed by atoms with Gasteiger partial charge in [-0.3, -0.25) is 14.5 Å². The highest BCUT2D eigenvalue weighted by Crippen LogP contribution is 2.40. The molecule has 0 aromatic heterocycles. The molecule has 2 unspecified atom stereocenters. The summed E-state index contributed by atoms with van der Waals surface area (Å²) in [4.78, 5) is 29.0. The van der Waals surface area contributed by atoms with E-state index in [9.17, 15) is 9.59 Å². The molecule has 218 valence electrons. The molecule has 0 spiro atoms. The van der Waals surface area contributed by atoms with Crippen LogP contribution in [-0.4, -0.2) is 54.0 Å². The van der Waals surface area contributed by atoms with Crippen molar-refractivity contribution in [2.75, 3.05) is 6.61 Å². The summed E-state index contributed by atoms with van der Waals surface area (Å²) in [7, 11) is 0. The van der Waals surface area contributed by atoms with E-state index in [0.717, 1.165) is 16.7 Å². The van der Waals surface area contributed by atoms with Gasteiger partial charge in [-0.15, -0.1) is 0 Å². The Morgan fingerprint density at radius 1 is 0.651 bits per heavy atom. The van der Waals surface area contributed by atoms with Crippen molar-refractivity contribution in [3.8, 4) is 0 Å². The molecular weight excluding hydrogens is 546 g/mol. The monoisotopic (exact) mass is 577 g/mol. The van der Waals surface area contributed by atoms with Crippen LogP contribution in [0.3, 0.4) is 0 Å². The van der Waals surface area contributed by atoms with Crippen LogP contribution in [0.2, 0.25) is 0 Å². The van der Waals surface area contributed by atoms with Gasteiger partial charge in [0.1, 0.15) is 24.4 Å². The number of imide groups is 1. The number of nitrogens with zero attached hydrogens (tertiary/aromatic N) is 1. The topological polar surface area (TPSA) is 83.5 Å². The molecule has 4 aromatic carbocycles. The maximum Gasteiger partial charge on any atom is 0.262 e. The zero-order valence-corrected chi connectivity index (χ0v) is 23.4. The van der Waals surface area contributed by atoms with Crippen molar-refractivity contribution in [2.45, 2.75) is 50.1 Å². The number of hydrogen-bond acceptors (Lipinski definition) is 7. The number of carbonyl (C=O) groups excluding carboxylic acids is 2. The summed E-state index contributed by atoms with van der Waals surface area (Å²) in [5, 5.41) is 0. The van der Waals surface area contributed by atoms with E-state index in [1.165, 1.54) is 4.90 Å². The minimum Gasteiger partial charge on any atom is -0.368 e. The first kappa shape index (κ1) is 27.6. The Bertz CT molecular complexity index is 1530. The van der Waals surface area contributed by atoms with Gasteiger partial charge < -0.3 is 23.7 Å². The SMILES string of the molecule is O=C1c2ccccc2C(=O)N1[C@@H]1[C@H](OCc2ccccc2)OC2COC(c3ccccc3)O[C@H]2[C@@H]1OCc1ccccc1. The molecule has 4 aromatic rings. The molecule has 7 rings (SSSR count). The quantitative estimate of drug-likeness (QED) is 0.263. The first-order chi connectivity index (χ1) is 21.2. The maximum absolute atomic E-state index is 13.9. The molecule has 6 atom stereocenters. The Balaban J connectivity index is 1.26. The fourth-order valence-corrected chi connectivity index (χ4v) is 5.94. The Kier molecular flexibility index (Phi) is 7.84. The van der Waals surface area contributed by atoms with Crippen molar-refractivity contribution in [3.05, 3.63) is 143 Å². The Morgan fingerprint density at radius 2 is 1.19 bits per heavy atom. The maximum atomic E-state index is 13.9. The smallest absolute Gasteiger partial charge is 0.262 e. The van der Waals surface area contributed by atoms with Gasteiger partial charge in [-0.25, -0.2) is 0 Å². The molecule has 43 heavy (non-hydrogen) atoms. The molecule has 0 bridgehead atoms. The predicted octanol–water partition coefficient (Wildman–Crippen LogP) is 5.29. The minimum atomic E-state index is -0.995. The highest BCUT2D eigenvalue weighted by Gasteiger charge is 2.57. The van der Waals surface area contributed by atoms with E-state index in [-0.39, 0.29) is 19.8 Å². The van der Waals surface area contributed by atoms with Crippen molar-refractivity contribution in [3.63, 3.8) is 0 Å². The molecule has 0 radical (unpaired) electrons. The van der Waals surface area contributed by atoms with Gasteiger partial charge in [0.25, 0.3) is 11.8 Å². The van der Waals surface area contributed by atoms with E-state index in [4.69, 9.17) is 23.7 Å². The van der Waals surface area contributed by atoms with Crippen molar-refractivity contribution in [1.29, 1.82) is 0 Å². The first-order valence-corrected chi connectivity index (χ1v) is 14.4. The lowest BCUT2D eigenvalue weighted by Crippen LogP contribution is -2.68. The van der Waals surface area contributed by atoms with Crippen LogP contribution in [-0.2, 0) is 36.9 Å². The van der Waals surface area contributed by atoms with Crippen LogP contribution in [0.25, 0.3) is 0 Å². The fraction of sp³-hybridized carbons (Fsp3) is 0.257. The summed E-state index contributed by atoms with van der Waals surface area (Å²) in [5.41, 5.74) is 3.40. The number of hydrogen-bond donors (Lipinski definition) is 0. The summed E-state index contributed by atoms with van der Waals surface area (Å²) >= 11 is 0. The van der Waals surface area contributed by atoms with Crippen LogP contribution >= 0.6 is 0 Å². The van der Waals surface area contributed by atoms with Gasteiger partial charge in [-0.05, 0) is 23.3 Å². The van der Waals surface area contributed by atoms with Crippen LogP contribution in [0.1, 0.15) is 43.7 Å². The van der Waals surface area contributed by atoms with Crippen LogP contribution in [0.4, 0.5) is 0 Å². The van der Waals surface area contributed by atoms with Gasteiger partial charge in [-0.2, -0.15) is 0 Å². The predicted molar refractivity (Wildman–Crippen MR) is 156 cm³/mol. The zero-order valence-electron chi connectivity index (χ0n) is 23.4. The fourth-order valence-electron chi connectivity index (χ4n) is 5.94. The summed E-state index contributed by atoms with van der Waals surface area (Å²) in [6, 6.07) is 35.0. The molecule has 0 N–H and O–H groups in total. The molecule has 8 heteroatoms. The summed E-state index contributed by atoms with van der Waals surface area (Å²) in [6.07, 6.45) is -3.66. The largest absolute Gasteiger partial charge is 0.368 e. The Labute approximate surface area is 249 Å². The average molecular weight is 578 g/mol. The van der Waals surface area contributed by atoms with Crippen LogP contribution < -0.4 is 0 Å². The van der Waals surface area contributed by atoms with Crippen molar-refractivity contribution < 1.29 is 33.3 Å². The molecule has 8 nitrogen and oxygen atoms in total. The number of carbonyl (C=O) groups is 2. The third kappa shape index (κ3) is 5.51. The summed E-state index contributed by atoms with van der Waals surface area (Å²) in [6.45, 7) is 0.664. The summed E-state index contributed by atoms with van der Waals surface area (Å²) < 4.78 is 32.2. The van der Waals surface area contributed by atoms with E-state index in [0.29, 0.717) is 11.1 Å². The molecule has 3 aliphatic heterocycles. The molecule has 2 fully saturated rings. The van der Waals surface area contributed by atoms with E-state index < -0.39 is 48.7 Å². The number of fused-ring (bicyclic) bond motifs is 2. The number of rotatable bonds is 8. The van der Waals surface area contributed by atoms with E-state index in [1.807, 2.05) is 91.0 Å².